The van der Waals surface area contributed by atoms with Crippen LogP contribution in [0, 0.1) is 24.1 Å². The molecular formula is C20H18FN3. The number of hydrogen-bond donors (Lipinski definition) is 0. The summed E-state index contributed by atoms with van der Waals surface area (Å²) in [5.74, 6) is -0.215. The Hall–Kier alpha value is -2.93. The highest BCUT2D eigenvalue weighted by Crippen LogP contribution is 2.26. The molecule has 0 aliphatic heterocycles. The normalized spacial score (nSPS) is 10.6. The second kappa shape index (κ2) is 6.67. The van der Waals surface area contributed by atoms with Crippen molar-refractivity contribution in [3.63, 3.8) is 0 Å². The van der Waals surface area contributed by atoms with Crippen LogP contribution in [0.3, 0.4) is 0 Å². The summed E-state index contributed by atoms with van der Waals surface area (Å²) in [7, 11) is 1.92. The standard InChI is InChI=1S/C20H18FN3/c1-14-19(11-8-15-6-9-18(21)10-7-15)23-24(2)20(14)17-5-3-4-16(12-17)13-22/h3-7,9-10,12H,8,11H2,1-2H3. The molecule has 0 atom stereocenters. The van der Waals surface area contributed by atoms with E-state index < -0.39 is 0 Å². The summed E-state index contributed by atoms with van der Waals surface area (Å²) < 4.78 is 14.8. The van der Waals surface area contributed by atoms with Crippen LogP contribution in [0.2, 0.25) is 0 Å². The molecule has 0 saturated carbocycles. The van der Waals surface area contributed by atoms with Crippen molar-refractivity contribution >= 4 is 0 Å². The molecule has 3 nitrogen and oxygen atoms in total. The predicted molar refractivity (Wildman–Crippen MR) is 91.9 cm³/mol. The Balaban J connectivity index is 1.86. The summed E-state index contributed by atoms with van der Waals surface area (Å²) in [6.45, 7) is 2.06. The Morgan fingerprint density at radius 1 is 1.12 bits per heavy atom. The van der Waals surface area contributed by atoms with E-state index in [0.29, 0.717) is 5.56 Å². The molecule has 24 heavy (non-hydrogen) atoms. The van der Waals surface area contributed by atoms with Crippen LogP contribution in [0.5, 0.6) is 0 Å². The molecular weight excluding hydrogens is 301 g/mol. The van der Waals surface area contributed by atoms with Crippen LogP contribution in [-0.2, 0) is 19.9 Å². The molecule has 0 unspecified atom stereocenters. The Morgan fingerprint density at radius 3 is 2.58 bits per heavy atom. The summed E-state index contributed by atoms with van der Waals surface area (Å²) >= 11 is 0. The summed E-state index contributed by atoms with van der Waals surface area (Å²) in [5.41, 5.74) is 5.90. The molecule has 4 heteroatoms. The molecule has 0 bridgehead atoms. The van der Waals surface area contributed by atoms with Gasteiger partial charge in [-0.2, -0.15) is 10.4 Å². The van der Waals surface area contributed by atoms with Crippen molar-refractivity contribution in [3.8, 4) is 17.3 Å². The van der Waals surface area contributed by atoms with E-state index in [4.69, 9.17) is 5.26 Å². The van der Waals surface area contributed by atoms with Crippen LogP contribution in [0.25, 0.3) is 11.3 Å². The molecule has 2 aromatic carbocycles. The van der Waals surface area contributed by atoms with Crippen LogP contribution < -0.4 is 0 Å². The number of rotatable bonds is 4. The first kappa shape index (κ1) is 15.9. The molecule has 0 amide bonds. The van der Waals surface area contributed by atoms with Crippen molar-refractivity contribution in [2.45, 2.75) is 19.8 Å². The van der Waals surface area contributed by atoms with Crippen molar-refractivity contribution in [2.24, 2.45) is 7.05 Å². The number of nitriles is 1. The maximum absolute atomic E-state index is 13.0. The lowest BCUT2D eigenvalue weighted by Gasteiger charge is -2.04. The molecule has 0 spiro atoms. The van der Waals surface area contributed by atoms with Gasteiger partial charge in [-0.3, -0.25) is 4.68 Å². The highest BCUT2D eigenvalue weighted by atomic mass is 19.1. The van der Waals surface area contributed by atoms with E-state index >= 15 is 0 Å². The Labute approximate surface area is 141 Å². The monoisotopic (exact) mass is 319 g/mol. The highest BCUT2D eigenvalue weighted by Gasteiger charge is 2.14. The van der Waals surface area contributed by atoms with E-state index in [1.165, 1.54) is 12.1 Å². The van der Waals surface area contributed by atoms with Gasteiger partial charge in [-0.25, -0.2) is 4.39 Å². The summed E-state index contributed by atoms with van der Waals surface area (Å²) in [4.78, 5) is 0. The number of aromatic nitrogens is 2. The van der Waals surface area contributed by atoms with Gasteiger partial charge < -0.3 is 0 Å². The van der Waals surface area contributed by atoms with Gasteiger partial charge in [0.2, 0.25) is 0 Å². The van der Waals surface area contributed by atoms with Crippen molar-refractivity contribution in [1.82, 2.24) is 9.78 Å². The van der Waals surface area contributed by atoms with Crippen LogP contribution in [-0.4, -0.2) is 9.78 Å². The Kier molecular flexibility index (Phi) is 4.43. The molecule has 0 aliphatic rings. The molecule has 3 aromatic rings. The van der Waals surface area contributed by atoms with Crippen LogP contribution in [0.4, 0.5) is 4.39 Å². The number of halogens is 1. The maximum atomic E-state index is 13.0. The second-order valence-electron chi connectivity index (χ2n) is 5.86. The first-order valence-corrected chi connectivity index (χ1v) is 7.86. The predicted octanol–water partition coefficient (Wildman–Crippen LogP) is 4.19. The van der Waals surface area contributed by atoms with E-state index in [-0.39, 0.29) is 5.82 Å². The molecule has 1 heterocycles. The highest BCUT2D eigenvalue weighted by molar-refractivity contribution is 5.66. The van der Waals surface area contributed by atoms with Gasteiger partial charge in [-0.05, 0) is 55.2 Å². The lowest BCUT2D eigenvalue weighted by molar-refractivity contribution is 0.627. The molecule has 1 aromatic heterocycles. The molecule has 3 rings (SSSR count). The number of benzene rings is 2. The zero-order valence-electron chi connectivity index (χ0n) is 13.8. The SMILES string of the molecule is Cc1c(CCc2ccc(F)cc2)nn(C)c1-c1cccc(C#N)c1. The summed E-state index contributed by atoms with van der Waals surface area (Å²) in [6.07, 6.45) is 1.61. The molecule has 0 saturated heterocycles. The quantitative estimate of drug-likeness (QED) is 0.723. The van der Waals surface area contributed by atoms with E-state index in [1.54, 1.807) is 6.07 Å². The first-order valence-electron chi connectivity index (χ1n) is 7.86. The van der Waals surface area contributed by atoms with Crippen LogP contribution in [0.15, 0.2) is 48.5 Å². The van der Waals surface area contributed by atoms with Gasteiger partial charge in [0.25, 0.3) is 0 Å². The van der Waals surface area contributed by atoms with Gasteiger partial charge in [-0.15, -0.1) is 0 Å². The molecule has 0 fully saturated rings. The van der Waals surface area contributed by atoms with E-state index in [0.717, 1.165) is 40.9 Å². The van der Waals surface area contributed by atoms with Crippen molar-refractivity contribution < 1.29 is 4.39 Å². The zero-order chi connectivity index (χ0) is 17.1. The van der Waals surface area contributed by atoms with Gasteiger partial charge in [0.05, 0.1) is 23.0 Å². The van der Waals surface area contributed by atoms with Crippen LogP contribution >= 0.6 is 0 Å². The molecule has 0 radical (unpaired) electrons. The summed E-state index contributed by atoms with van der Waals surface area (Å²) in [5, 5.41) is 13.7. The Bertz CT molecular complexity index is 902. The van der Waals surface area contributed by atoms with E-state index in [2.05, 4.69) is 18.1 Å². The summed E-state index contributed by atoms with van der Waals surface area (Å²) in [6, 6.07) is 16.3. The fourth-order valence-electron chi connectivity index (χ4n) is 2.98. The minimum Gasteiger partial charge on any atom is -0.267 e. The zero-order valence-corrected chi connectivity index (χ0v) is 13.8. The minimum atomic E-state index is -0.215. The van der Waals surface area contributed by atoms with Gasteiger partial charge in [0.15, 0.2) is 0 Å². The minimum absolute atomic E-state index is 0.215. The topological polar surface area (TPSA) is 41.6 Å². The molecule has 120 valence electrons. The van der Waals surface area contributed by atoms with Crippen molar-refractivity contribution in [3.05, 3.63) is 76.7 Å². The fraction of sp³-hybridized carbons (Fsp3) is 0.200. The maximum Gasteiger partial charge on any atom is 0.123 e. The lowest BCUT2D eigenvalue weighted by atomic mass is 10.0. The average molecular weight is 319 g/mol. The third kappa shape index (κ3) is 3.21. The number of hydrogen-bond acceptors (Lipinski definition) is 2. The first-order chi connectivity index (χ1) is 11.6. The van der Waals surface area contributed by atoms with Gasteiger partial charge >= 0.3 is 0 Å². The third-order valence-corrected chi connectivity index (χ3v) is 4.21. The van der Waals surface area contributed by atoms with Crippen molar-refractivity contribution in [2.75, 3.05) is 0 Å². The smallest absolute Gasteiger partial charge is 0.123 e. The van der Waals surface area contributed by atoms with E-state index in [9.17, 15) is 4.39 Å². The second-order valence-corrected chi connectivity index (χ2v) is 5.86. The van der Waals surface area contributed by atoms with Crippen molar-refractivity contribution in [1.29, 1.82) is 5.26 Å². The van der Waals surface area contributed by atoms with Gasteiger partial charge in [0, 0.05) is 12.6 Å². The van der Waals surface area contributed by atoms with Gasteiger partial charge in [-0.1, -0.05) is 24.3 Å². The largest absolute Gasteiger partial charge is 0.267 e. The lowest BCUT2D eigenvalue weighted by Crippen LogP contribution is -1.96. The molecule has 0 aliphatic carbocycles. The number of aryl methyl sites for hydroxylation is 3. The molecule has 0 N–H and O–H groups in total. The van der Waals surface area contributed by atoms with Gasteiger partial charge in [0.1, 0.15) is 5.82 Å². The van der Waals surface area contributed by atoms with Crippen LogP contribution in [0.1, 0.15) is 22.4 Å². The van der Waals surface area contributed by atoms with E-state index in [1.807, 2.05) is 42.1 Å². The third-order valence-electron chi connectivity index (χ3n) is 4.21. The number of nitrogens with zero attached hydrogens (tertiary/aromatic N) is 3. The Morgan fingerprint density at radius 2 is 1.88 bits per heavy atom. The average Bonchev–Trinajstić information content (AvgIpc) is 2.88. The fourth-order valence-corrected chi connectivity index (χ4v) is 2.98.